The third-order valence-corrected chi connectivity index (χ3v) is 5.77. The second-order valence-electron chi connectivity index (χ2n) is 3.36. The molecule has 1 aromatic rings. The van der Waals surface area contributed by atoms with Gasteiger partial charge in [0.25, 0.3) is 0 Å². The number of hydrogen-bond donors (Lipinski definition) is 4. The van der Waals surface area contributed by atoms with Crippen molar-refractivity contribution in [1.82, 2.24) is 0 Å². The summed E-state index contributed by atoms with van der Waals surface area (Å²) in [5.41, 5.74) is 0.314. The monoisotopic (exact) mass is 310 g/mol. The molecule has 0 aliphatic rings. The van der Waals surface area contributed by atoms with Crippen molar-refractivity contribution in [3.05, 3.63) is 34.9 Å². The van der Waals surface area contributed by atoms with Crippen LogP contribution in [0, 0.1) is 0 Å². The van der Waals surface area contributed by atoms with Crippen LogP contribution in [-0.2, 0) is 9.13 Å². The standard InChI is InChI=1S/C9H12O6P2S/c1-18-8-4-2-7(3-5-8)6-9(16(10,11)12)17(13,14)15/h2-6H,1H3,(H2,10,11,12)(H2,13,14,15). The van der Waals surface area contributed by atoms with Gasteiger partial charge in [-0.2, -0.15) is 0 Å². The minimum atomic E-state index is -4.99. The maximum atomic E-state index is 11.0. The van der Waals surface area contributed by atoms with Crippen LogP contribution >= 0.6 is 27.0 Å². The van der Waals surface area contributed by atoms with Crippen molar-refractivity contribution in [2.75, 3.05) is 6.26 Å². The van der Waals surface area contributed by atoms with E-state index in [-0.39, 0.29) is 0 Å². The largest absolute Gasteiger partial charge is 0.364 e. The Hall–Kier alpha value is -0.390. The molecule has 0 fully saturated rings. The SMILES string of the molecule is CSc1ccc(C=C(P(=O)(O)O)P(=O)(O)O)cc1. The lowest BCUT2D eigenvalue weighted by Gasteiger charge is -2.10. The molecule has 0 bridgehead atoms. The zero-order valence-electron chi connectivity index (χ0n) is 9.29. The van der Waals surface area contributed by atoms with E-state index in [0.29, 0.717) is 5.56 Å². The number of hydrogen-bond acceptors (Lipinski definition) is 3. The number of thioether (sulfide) groups is 1. The Morgan fingerprint density at radius 3 is 1.83 bits per heavy atom. The normalized spacial score (nSPS) is 12.3. The van der Waals surface area contributed by atoms with Crippen molar-refractivity contribution in [1.29, 1.82) is 0 Å². The summed E-state index contributed by atoms with van der Waals surface area (Å²) in [5.74, 6) is 0. The summed E-state index contributed by atoms with van der Waals surface area (Å²) in [6.45, 7) is 0. The van der Waals surface area contributed by atoms with E-state index in [4.69, 9.17) is 19.6 Å². The smallest absolute Gasteiger partial charge is 0.321 e. The van der Waals surface area contributed by atoms with E-state index in [1.165, 1.54) is 23.9 Å². The molecule has 0 aliphatic heterocycles. The molecule has 0 unspecified atom stereocenters. The molecule has 4 N–H and O–H groups in total. The molecule has 100 valence electrons. The Kier molecular flexibility index (Phi) is 4.98. The quantitative estimate of drug-likeness (QED) is 0.497. The highest BCUT2D eigenvalue weighted by Crippen LogP contribution is 2.64. The predicted molar refractivity (Wildman–Crippen MR) is 70.3 cm³/mol. The van der Waals surface area contributed by atoms with E-state index in [0.717, 1.165) is 11.0 Å². The molecule has 0 saturated carbocycles. The summed E-state index contributed by atoms with van der Waals surface area (Å²) < 4.78 is 22.1. The third kappa shape index (κ3) is 4.37. The lowest BCUT2D eigenvalue weighted by atomic mass is 10.2. The lowest BCUT2D eigenvalue weighted by Crippen LogP contribution is -1.89. The fraction of sp³-hybridized carbons (Fsp3) is 0.111. The van der Waals surface area contributed by atoms with Crippen LogP contribution in [0.4, 0.5) is 0 Å². The first-order valence-corrected chi connectivity index (χ1v) is 9.07. The van der Waals surface area contributed by atoms with Gasteiger partial charge in [0.2, 0.25) is 0 Å². The van der Waals surface area contributed by atoms with E-state index in [1.54, 1.807) is 12.1 Å². The average molecular weight is 310 g/mol. The van der Waals surface area contributed by atoms with E-state index in [9.17, 15) is 9.13 Å². The molecule has 0 radical (unpaired) electrons. The van der Waals surface area contributed by atoms with Crippen molar-refractivity contribution in [2.24, 2.45) is 0 Å². The molecule has 0 atom stereocenters. The van der Waals surface area contributed by atoms with Crippen LogP contribution in [0.1, 0.15) is 5.56 Å². The van der Waals surface area contributed by atoms with Gasteiger partial charge in [0.05, 0.1) is 0 Å². The van der Waals surface area contributed by atoms with Gasteiger partial charge in [-0.15, -0.1) is 11.8 Å². The molecular formula is C9H12O6P2S. The van der Waals surface area contributed by atoms with Gasteiger partial charge in [0, 0.05) is 4.90 Å². The van der Waals surface area contributed by atoms with Crippen molar-refractivity contribution in [3.8, 4) is 0 Å². The van der Waals surface area contributed by atoms with Gasteiger partial charge in [0.1, 0.15) is 0 Å². The van der Waals surface area contributed by atoms with Gasteiger partial charge in [0.15, 0.2) is 5.06 Å². The van der Waals surface area contributed by atoms with Crippen LogP contribution < -0.4 is 0 Å². The first kappa shape index (κ1) is 15.7. The van der Waals surface area contributed by atoms with E-state index in [2.05, 4.69) is 0 Å². The third-order valence-electron chi connectivity index (χ3n) is 2.01. The van der Waals surface area contributed by atoms with Crippen molar-refractivity contribution in [2.45, 2.75) is 4.90 Å². The van der Waals surface area contributed by atoms with Gasteiger partial charge >= 0.3 is 15.2 Å². The van der Waals surface area contributed by atoms with Crippen LogP contribution in [0.15, 0.2) is 34.2 Å². The van der Waals surface area contributed by atoms with Gasteiger partial charge in [-0.1, -0.05) is 12.1 Å². The zero-order valence-corrected chi connectivity index (χ0v) is 11.9. The van der Waals surface area contributed by atoms with Crippen LogP contribution in [0.5, 0.6) is 0 Å². The zero-order chi connectivity index (χ0) is 14.0. The Morgan fingerprint density at radius 1 is 1.06 bits per heavy atom. The first-order valence-electron chi connectivity index (χ1n) is 4.62. The highest BCUT2D eigenvalue weighted by molar-refractivity contribution is 7.98. The summed E-state index contributed by atoms with van der Waals surface area (Å²) in [4.78, 5) is 36.6. The van der Waals surface area contributed by atoms with Crippen LogP contribution in [-0.4, -0.2) is 25.8 Å². The molecule has 18 heavy (non-hydrogen) atoms. The summed E-state index contributed by atoms with van der Waals surface area (Å²) in [5, 5.41) is -1.17. The van der Waals surface area contributed by atoms with Crippen LogP contribution in [0.25, 0.3) is 6.08 Å². The minimum Gasteiger partial charge on any atom is -0.321 e. The van der Waals surface area contributed by atoms with E-state index in [1.807, 2.05) is 6.26 Å². The molecule has 1 rings (SSSR count). The fourth-order valence-corrected chi connectivity index (χ4v) is 3.59. The Balaban J connectivity index is 3.25. The maximum absolute atomic E-state index is 11.0. The molecule has 1 aromatic carbocycles. The molecule has 0 spiro atoms. The predicted octanol–water partition coefficient (Wildman–Crippen LogP) is 2.06. The van der Waals surface area contributed by atoms with Gasteiger partial charge in [-0.3, -0.25) is 9.13 Å². The second-order valence-corrected chi connectivity index (χ2v) is 7.74. The Morgan fingerprint density at radius 2 is 1.50 bits per heavy atom. The lowest BCUT2D eigenvalue weighted by molar-refractivity contribution is 0.368. The van der Waals surface area contributed by atoms with E-state index >= 15 is 0 Å². The summed E-state index contributed by atoms with van der Waals surface area (Å²) >= 11 is 1.48. The Labute approximate surface area is 108 Å². The number of benzene rings is 1. The average Bonchev–Trinajstić information content (AvgIpc) is 2.23. The van der Waals surface area contributed by atoms with Crippen LogP contribution in [0.2, 0.25) is 0 Å². The molecule has 0 heterocycles. The molecule has 9 heteroatoms. The van der Waals surface area contributed by atoms with Crippen molar-refractivity contribution >= 4 is 33.0 Å². The molecule has 0 aliphatic carbocycles. The molecule has 0 aromatic heterocycles. The minimum absolute atomic E-state index is 0.314. The molecule has 6 nitrogen and oxygen atoms in total. The van der Waals surface area contributed by atoms with Crippen molar-refractivity contribution in [3.63, 3.8) is 0 Å². The second kappa shape index (κ2) is 5.72. The summed E-state index contributed by atoms with van der Waals surface area (Å²) in [6, 6.07) is 6.43. The topological polar surface area (TPSA) is 115 Å². The fourth-order valence-electron chi connectivity index (χ4n) is 1.19. The summed E-state index contributed by atoms with van der Waals surface area (Å²) in [7, 11) is -9.98. The van der Waals surface area contributed by atoms with Crippen LogP contribution in [0.3, 0.4) is 0 Å². The Bertz CT molecular complexity index is 517. The molecular weight excluding hydrogens is 298 g/mol. The highest BCUT2D eigenvalue weighted by Gasteiger charge is 2.35. The van der Waals surface area contributed by atoms with Gasteiger partial charge in [-0.05, 0) is 30.0 Å². The molecule has 0 saturated heterocycles. The van der Waals surface area contributed by atoms with Gasteiger partial charge < -0.3 is 19.6 Å². The maximum Gasteiger partial charge on any atom is 0.364 e. The van der Waals surface area contributed by atoms with Gasteiger partial charge in [-0.25, -0.2) is 0 Å². The molecule has 0 amide bonds. The van der Waals surface area contributed by atoms with Crippen molar-refractivity contribution < 1.29 is 28.7 Å². The summed E-state index contributed by atoms with van der Waals surface area (Å²) in [6.07, 6.45) is 2.69. The number of rotatable bonds is 4. The first-order chi connectivity index (χ1) is 8.14. The highest BCUT2D eigenvalue weighted by atomic mass is 32.2. The van der Waals surface area contributed by atoms with E-state index < -0.39 is 20.2 Å².